The number of carbonyl (C=O) groups excluding carboxylic acids is 1. The third-order valence-corrected chi connectivity index (χ3v) is 3.47. The van der Waals surface area contributed by atoms with E-state index in [1.807, 2.05) is 13.8 Å². The molecular weight excluding hydrogens is 270 g/mol. The zero-order chi connectivity index (χ0) is 15.9. The average Bonchev–Trinajstić information content (AvgIpc) is 2.50. The molecule has 0 radical (unpaired) electrons. The highest BCUT2D eigenvalue weighted by atomic mass is 16.5. The van der Waals surface area contributed by atoms with E-state index in [-0.39, 0.29) is 0 Å². The normalized spacial score (nSPS) is 13.3. The molecule has 1 atom stereocenters. The number of hydrogen-bond donors (Lipinski definition) is 1. The van der Waals surface area contributed by atoms with Crippen LogP contribution in [0, 0.1) is 0 Å². The van der Waals surface area contributed by atoms with Gasteiger partial charge in [-0.15, -0.1) is 0 Å². The Labute approximate surface area is 125 Å². The Morgan fingerprint density at radius 2 is 1.90 bits per heavy atom. The molecule has 1 N–H and O–H groups in total. The van der Waals surface area contributed by atoms with Crippen LogP contribution in [0.3, 0.4) is 0 Å². The first kappa shape index (κ1) is 17.0. The van der Waals surface area contributed by atoms with Gasteiger partial charge in [0.2, 0.25) is 6.41 Å². The van der Waals surface area contributed by atoms with Crippen LogP contribution in [-0.2, 0) is 15.1 Å². The highest BCUT2D eigenvalue weighted by Crippen LogP contribution is 2.29. The van der Waals surface area contributed by atoms with E-state index in [1.165, 1.54) is 4.90 Å². The van der Waals surface area contributed by atoms with Crippen molar-refractivity contribution in [3.8, 4) is 5.75 Å². The van der Waals surface area contributed by atoms with E-state index in [2.05, 4.69) is 0 Å². The highest BCUT2D eigenvalue weighted by Gasteiger charge is 2.40. The van der Waals surface area contributed by atoms with Crippen molar-refractivity contribution < 1.29 is 19.4 Å². The fourth-order valence-electron chi connectivity index (χ4n) is 2.13. The van der Waals surface area contributed by atoms with Gasteiger partial charge in [0, 0.05) is 6.54 Å². The van der Waals surface area contributed by atoms with Gasteiger partial charge in [0.05, 0.1) is 6.61 Å². The minimum absolute atomic E-state index is 0.389. The van der Waals surface area contributed by atoms with E-state index in [0.29, 0.717) is 37.3 Å². The van der Waals surface area contributed by atoms with Crippen LogP contribution in [0.4, 0.5) is 0 Å². The van der Waals surface area contributed by atoms with Gasteiger partial charge >= 0.3 is 5.97 Å². The van der Waals surface area contributed by atoms with Crippen LogP contribution < -0.4 is 4.74 Å². The topological polar surface area (TPSA) is 66.8 Å². The maximum absolute atomic E-state index is 11.7. The van der Waals surface area contributed by atoms with Crippen LogP contribution in [0.25, 0.3) is 0 Å². The fourth-order valence-corrected chi connectivity index (χ4v) is 2.13. The summed E-state index contributed by atoms with van der Waals surface area (Å²) in [7, 11) is 0. The molecule has 21 heavy (non-hydrogen) atoms. The van der Waals surface area contributed by atoms with Crippen molar-refractivity contribution in [2.24, 2.45) is 0 Å². The molecule has 0 saturated heterocycles. The number of aliphatic carboxylic acids is 1. The Morgan fingerprint density at radius 3 is 2.33 bits per heavy atom. The summed E-state index contributed by atoms with van der Waals surface area (Å²) in [5.41, 5.74) is -0.819. The zero-order valence-corrected chi connectivity index (χ0v) is 12.8. The lowest BCUT2D eigenvalue weighted by molar-refractivity contribution is -0.154. The van der Waals surface area contributed by atoms with Crippen LogP contribution in [0.15, 0.2) is 24.3 Å². The molecule has 0 fully saturated rings. The fraction of sp³-hybridized carbons (Fsp3) is 0.500. The number of amides is 1. The Hall–Kier alpha value is -2.04. The molecule has 0 aromatic heterocycles. The predicted octanol–water partition coefficient (Wildman–Crippen LogP) is 2.64. The number of carboxylic acid groups (broad SMARTS) is 1. The summed E-state index contributed by atoms with van der Waals surface area (Å²) in [6.45, 7) is 6.47. The summed E-state index contributed by atoms with van der Waals surface area (Å²) in [5, 5.41) is 9.59. The summed E-state index contributed by atoms with van der Waals surface area (Å²) >= 11 is 0. The summed E-state index contributed by atoms with van der Waals surface area (Å²) in [5.74, 6) is -0.355. The molecule has 1 amide bonds. The molecule has 0 aliphatic heterocycles. The number of ether oxygens (including phenoxy) is 1. The molecule has 1 rings (SSSR count). The summed E-state index contributed by atoms with van der Waals surface area (Å²) < 4.78 is 5.49. The van der Waals surface area contributed by atoms with Gasteiger partial charge in [0.25, 0.3) is 0 Å². The van der Waals surface area contributed by atoms with Gasteiger partial charge in [0.15, 0.2) is 5.54 Å². The largest absolute Gasteiger partial charge is 0.494 e. The summed E-state index contributed by atoms with van der Waals surface area (Å²) in [6.07, 6.45) is 2.20. The molecule has 0 aliphatic rings. The van der Waals surface area contributed by atoms with Crippen LogP contribution in [0.5, 0.6) is 5.75 Å². The number of carbonyl (C=O) groups is 2. The first-order chi connectivity index (χ1) is 10.00. The van der Waals surface area contributed by atoms with Crippen molar-refractivity contribution in [2.45, 2.75) is 39.2 Å². The predicted molar refractivity (Wildman–Crippen MR) is 80.3 cm³/mol. The van der Waals surface area contributed by atoms with Crippen LogP contribution in [0.2, 0.25) is 0 Å². The molecule has 116 valence electrons. The second-order valence-electron chi connectivity index (χ2n) is 5.05. The molecule has 0 spiro atoms. The lowest BCUT2D eigenvalue weighted by Gasteiger charge is -2.35. The van der Waals surface area contributed by atoms with Gasteiger partial charge in [0.1, 0.15) is 5.75 Å². The van der Waals surface area contributed by atoms with E-state index in [4.69, 9.17) is 4.74 Å². The second kappa shape index (κ2) is 7.67. The zero-order valence-electron chi connectivity index (χ0n) is 12.8. The van der Waals surface area contributed by atoms with Gasteiger partial charge in [-0.25, -0.2) is 4.79 Å². The Morgan fingerprint density at radius 1 is 1.29 bits per heavy atom. The van der Waals surface area contributed by atoms with Crippen molar-refractivity contribution in [3.63, 3.8) is 0 Å². The summed E-state index contributed by atoms with van der Waals surface area (Å²) in [4.78, 5) is 24.3. The van der Waals surface area contributed by atoms with Crippen LogP contribution in [0.1, 0.15) is 39.2 Å². The van der Waals surface area contributed by atoms with E-state index in [0.717, 1.165) is 6.42 Å². The summed E-state index contributed by atoms with van der Waals surface area (Å²) in [6, 6.07) is 6.87. The van der Waals surface area contributed by atoms with E-state index in [9.17, 15) is 14.7 Å². The number of carboxylic acids is 1. The maximum atomic E-state index is 11.7. The Bertz CT molecular complexity index is 472. The SMILES string of the molecule is CCCOc1ccc(C(C)(C(=O)O)N(C=O)CCC)cc1. The van der Waals surface area contributed by atoms with E-state index in [1.54, 1.807) is 31.2 Å². The lowest BCUT2D eigenvalue weighted by atomic mass is 9.90. The third kappa shape index (κ3) is 3.74. The van der Waals surface area contributed by atoms with E-state index >= 15 is 0 Å². The molecule has 1 aromatic carbocycles. The molecule has 5 heteroatoms. The highest BCUT2D eigenvalue weighted by molar-refractivity contribution is 5.82. The monoisotopic (exact) mass is 293 g/mol. The number of rotatable bonds is 9. The third-order valence-electron chi connectivity index (χ3n) is 3.47. The van der Waals surface area contributed by atoms with Crippen LogP contribution >= 0.6 is 0 Å². The van der Waals surface area contributed by atoms with Crippen molar-refractivity contribution in [1.82, 2.24) is 4.90 Å². The number of nitrogens with zero attached hydrogens (tertiary/aromatic N) is 1. The van der Waals surface area contributed by atoms with Gasteiger partial charge in [-0.05, 0) is 37.5 Å². The standard InChI is InChI=1S/C16H23NO4/c1-4-10-17(12-18)16(3,15(19)20)13-6-8-14(9-7-13)21-11-5-2/h6-9,12H,4-5,10-11H2,1-3H3,(H,19,20). The molecule has 1 unspecified atom stereocenters. The second-order valence-corrected chi connectivity index (χ2v) is 5.05. The average molecular weight is 293 g/mol. The van der Waals surface area contributed by atoms with Crippen molar-refractivity contribution in [2.75, 3.05) is 13.2 Å². The molecule has 1 aromatic rings. The van der Waals surface area contributed by atoms with Crippen molar-refractivity contribution in [1.29, 1.82) is 0 Å². The van der Waals surface area contributed by atoms with Gasteiger partial charge in [-0.3, -0.25) is 4.79 Å². The van der Waals surface area contributed by atoms with Gasteiger partial charge in [-0.2, -0.15) is 0 Å². The van der Waals surface area contributed by atoms with E-state index < -0.39 is 11.5 Å². The number of hydrogen-bond acceptors (Lipinski definition) is 3. The first-order valence-electron chi connectivity index (χ1n) is 7.19. The Balaban J connectivity index is 3.10. The van der Waals surface area contributed by atoms with Gasteiger partial charge < -0.3 is 14.7 Å². The quantitative estimate of drug-likeness (QED) is 0.711. The molecule has 0 heterocycles. The molecule has 0 bridgehead atoms. The minimum atomic E-state index is -1.37. The Kier molecular flexibility index (Phi) is 6.21. The lowest BCUT2D eigenvalue weighted by Crippen LogP contribution is -2.49. The van der Waals surface area contributed by atoms with Crippen molar-refractivity contribution >= 4 is 12.4 Å². The molecule has 0 aliphatic carbocycles. The smallest absolute Gasteiger partial charge is 0.334 e. The van der Waals surface area contributed by atoms with Gasteiger partial charge in [-0.1, -0.05) is 26.0 Å². The van der Waals surface area contributed by atoms with Crippen molar-refractivity contribution in [3.05, 3.63) is 29.8 Å². The maximum Gasteiger partial charge on any atom is 0.334 e. The molecular formula is C16H23NO4. The molecule has 0 saturated carbocycles. The van der Waals surface area contributed by atoms with Crippen LogP contribution in [-0.4, -0.2) is 35.5 Å². The number of benzene rings is 1. The first-order valence-corrected chi connectivity index (χ1v) is 7.19. The molecule has 5 nitrogen and oxygen atoms in total. The minimum Gasteiger partial charge on any atom is -0.494 e.